The van der Waals surface area contributed by atoms with Crippen LogP contribution in [0, 0.1) is 0 Å². The number of nitrogens with one attached hydrogen (secondary N) is 1. The fraction of sp³-hybridized carbons (Fsp3) is 0.409. The average Bonchev–Trinajstić information content (AvgIpc) is 3.13. The number of hydrazine groups is 1. The van der Waals surface area contributed by atoms with Crippen molar-refractivity contribution in [3.8, 4) is 11.4 Å². The second-order valence-corrected chi connectivity index (χ2v) is 7.73. The Bertz CT molecular complexity index is 947. The van der Waals surface area contributed by atoms with E-state index in [0.717, 1.165) is 37.3 Å². The molecule has 0 bridgehead atoms. The molecule has 30 heavy (non-hydrogen) atoms. The number of aromatic nitrogens is 2. The smallest absolute Gasteiger partial charge is 0.415 e. The number of fused-ring (bicyclic) bond motifs is 1. The first-order valence-corrected chi connectivity index (χ1v) is 10.4. The summed E-state index contributed by atoms with van der Waals surface area (Å²) in [6, 6.07) is 9.80. The number of rotatable bonds is 4. The summed E-state index contributed by atoms with van der Waals surface area (Å²) in [7, 11) is 0. The number of carbonyl (C=O) groups excluding carboxylic acids is 2. The van der Waals surface area contributed by atoms with Crippen molar-refractivity contribution in [1.29, 1.82) is 0 Å². The van der Waals surface area contributed by atoms with E-state index in [-0.39, 0.29) is 12.5 Å². The molecular formula is C22H27N5O3. The maximum Gasteiger partial charge on any atom is 0.415 e. The SMILES string of the molecule is C=C(C)OC(=O)N1CCn2c(-c3ccccc3)nc(C(=O)NN3CCCCC3)c2C1. The highest BCUT2D eigenvalue weighted by Gasteiger charge is 2.31. The van der Waals surface area contributed by atoms with E-state index in [1.54, 1.807) is 11.8 Å². The molecule has 1 fully saturated rings. The zero-order valence-electron chi connectivity index (χ0n) is 17.3. The summed E-state index contributed by atoms with van der Waals surface area (Å²) in [5, 5.41) is 1.95. The predicted molar refractivity (Wildman–Crippen MR) is 112 cm³/mol. The molecule has 2 amide bonds. The van der Waals surface area contributed by atoms with Gasteiger partial charge in [0.15, 0.2) is 5.69 Å². The highest BCUT2D eigenvalue weighted by atomic mass is 16.6. The van der Waals surface area contributed by atoms with E-state index in [9.17, 15) is 9.59 Å². The molecule has 8 heteroatoms. The number of imidazole rings is 1. The van der Waals surface area contributed by atoms with Crippen LogP contribution in [0.1, 0.15) is 42.4 Å². The van der Waals surface area contributed by atoms with E-state index >= 15 is 0 Å². The van der Waals surface area contributed by atoms with E-state index in [2.05, 4.69) is 12.0 Å². The van der Waals surface area contributed by atoms with Crippen molar-refractivity contribution in [2.24, 2.45) is 0 Å². The van der Waals surface area contributed by atoms with E-state index < -0.39 is 6.09 Å². The van der Waals surface area contributed by atoms with Gasteiger partial charge in [0.05, 0.1) is 18.0 Å². The molecule has 0 aliphatic carbocycles. The molecule has 8 nitrogen and oxygen atoms in total. The van der Waals surface area contributed by atoms with Crippen LogP contribution < -0.4 is 5.43 Å². The van der Waals surface area contributed by atoms with Crippen molar-refractivity contribution >= 4 is 12.0 Å². The molecule has 1 aromatic carbocycles. The normalized spacial score (nSPS) is 16.6. The van der Waals surface area contributed by atoms with Crippen molar-refractivity contribution in [3.05, 3.63) is 54.1 Å². The van der Waals surface area contributed by atoms with Gasteiger partial charge in [-0.3, -0.25) is 10.2 Å². The first-order valence-electron chi connectivity index (χ1n) is 10.4. The van der Waals surface area contributed by atoms with Gasteiger partial charge in [-0.05, 0) is 19.8 Å². The Labute approximate surface area is 176 Å². The first kappa shape index (κ1) is 20.2. The molecule has 0 radical (unpaired) electrons. The van der Waals surface area contributed by atoms with Crippen LogP contribution in [0.15, 0.2) is 42.7 Å². The van der Waals surface area contributed by atoms with Gasteiger partial charge in [0.2, 0.25) is 0 Å². The second-order valence-electron chi connectivity index (χ2n) is 7.73. The summed E-state index contributed by atoms with van der Waals surface area (Å²) < 4.78 is 7.20. The van der Waals surface area contributed by atoms with Crippen LogP contribution in [0.3, 0.4) is 0 Å². The predicted octanol–water partition coefficient (Wildman–Crippen LogP) is 3.17. The molecule has 3 heterocycles. The van der Waals surface area contributed by atoms with Crippen molar-refractivity contribution < 1.29 is 14.3 Å². The van der Waals surface area contributed by atoms with Gasteiger partial charge < -0.3 is 14.2 Å². The van der Waals surface area contributed by atoms with Crippen LogP contribution in [0.4, 0.5) is 4.79 Å². The van der Waals surface area contributed by atoms with E-state index in [0.29, 0.717) is 30.2 Å². The van der Waals surface area contributed by atoms with Gasteiger partial charge >= 0.3 is 6.09 Å². The van der Waals surface area contributed by atoms with E-state index in [4.69, 9.17) is 9.72 Å². The third-order valence-electron chi connectivity index (χ3n) is 5.39. The third kappa shape index (κ3) is 4.23. The fourth-order valence-electron chi connectivity index (χ4n) is 3.93. The van der Waals surface area contributed by atoms with Crippen LogP contribution in [0.2, 0.25) is 0 Å². The summed E-state index contributed by atoms with van der Waals surface area (Å²) in [6.45, 7) is 8.21. The van der Waals surface area contributed by atoms with Crippen molar-refractivity contribution in [3.63, 3.8) is 0 Å². The molecule has 0 atom stereocenters. The van der Waals surface area contributed by atoms with E-state index in [1.165, 1.54) is 6.42 Å². The number of allylic oxidation sites excluding steroid dienone is 1. The lowest BCUT2D eigenvalue weighted by Gasteiger charge is -2.29. The van der Waals surface area contributed by atoms with Gasteiger partial charge in [-0.2, -0.15) is 0 Å². The molecular weight excluding hydrogens is 382 g/mol. The topological polar surface area (TPSA) is 79.7 Å². The summed E-state index contributed by atoms with van der Waals surface area (Å²) >= 11 is 0. The lowest BCUT2D eigenvalue weighted by molar-refractivity contribution is 0.0739. The number of carbonyl (C=O) groups is 2. The Hall–Kier alpha value is -3.13. The summed E-state index contributed by atoms with van der Waals surface area (Å²) in [6.07, 6.45) is 2.86. The molecule has 4 rings (SSSR count). The van der Waals surface area contributed by atoms with Crippen molar-refractivity contribution in [2.45, 2.75) is 39.3 Å². The molecule has 158 valence electrons. The zero-order valence-corrected chi connectivity index (χ0v) is 17.3. The summed E-state index contributed by atoms with van der Waals surface area (Å²) in [4.78, 5) is 31.8. The minimum absolute atomic E-state index is 0.238. The minimum atomic E-state index is -0.460. The molecule has 0 spiro atoms. The molecule has 1 aromatic heterocycles. The van der Waals surface area contributed by atoms with E-state index in [1.807, 2.05) is 39.9 Å². The summed E-state index contributed by atoms with van der Waals surface area (Å²) in [5.74, 6) is 0.840. The molecule has 1 N–H and O–H groups in total. The first-order chi connectivity index (χ1) is 14.5. The number of nitrogens with zero attached hydrogens (tertiary/aromatic N) is 4. The van der Waals surface area contributed by atoms with Crippen molar-refractivity contribution in [2.75, 3.05) is 19.6 Å². The lowest BCUT2D eigenvalue weighted by Crippen LogP contribution is -2.46. The van der Waals surface area contributed by atoms with Gasteiger partial charge in [0, 0.05) is 31.7 Å². The van der Waals surface area contributed by atoms with Crippen LogP contribution in [0.25, 0.3) is 11.4 Å². The number of hydrogen-bond acceptors (Lipinski definition) is 5. The third-order valence-corrected chi connectivity index (χ3v) is 5.39. The number of hydrogen-bond donors (Lipinski definition) is 1. The number of piperidine rings is 1. The van der Waals surface area contributed by atoms with Gasteiger partial charge in [-0.25, -0.2) is 14.8 Å². The average molecular weight is 409 g/mol. The Morgan fingerprint density at radius 1 is 1.07 bits per heavy atom. The number of benzene rings is 1. The van der Waals surface area contributed by atoms with Crippen LogP contribution in [-0.2, 0) is 17.8 Å². The maximum absolute atomic E-state index is 13.1. The van der Waals surface area contributed by atoms with Gasteiger partial charge in [-0.1, -0.05) is 43.3 Å². The van der Waals surface area contributed by atoms with Crippen LogP contribution >= 0.6 is 0 Å². The Morgan fingerprint density at radius 2 is 1.80 bits per heavy atom. The second kappa shape index (κ2) is 8.71. The molecule has 0 unspecified atom stereocenters. The largest absolute Gasteiger partial charge is 0.416 e. The lowest BCUT2D eigenvalue weighted by atomic mass is 10.2. The standard InChI is InChI=1S/C22H27N5O3/c1-16(2)30-22(29)25-13-14-27-18(15-25)19(21(28)24-26-11-7-4-8-12-26)23-20(27)17-9-5-3-6-10-17/h3,5-6,9-10H,1,4,7-8,11-15H2,2H3,(H,24,28). The molecule has 0 saturated carbocycles. The van der Waals surface area contributed by atoms with Gasteiger partial charge in [0.25, 0.3) is 5.91 Å². The molecule has 1 saturated heterocycles. The molecule has 2 aliphatic rings. The van der Waals surface area contributed by atoms with Gasteiger partial charge in [0.1, 0.15) is 5.82 Å². The Balaban J connectivity index is 1.65. The monoisotopic (exact) mass is 409 g/mol. The minimum Gasteiger partial charge on any atom is -0.416 e. The zero-order chi connectivity index (χ0) is 21.1. The quantitative estimate of drug-likeness (QED) is 0.785. The highest BCUT2D eigenvalue weighted by molar-refractivity contribution is 5.94. The van der Waals surface area contributed by atoms with Gasteiger partial charge in [-0.15, -0.1) is 0 Å². The maximum atomic E-state index is 13.1. The fourth-order valence-corrected chi connectivity index (χ4v) is 3.93. The Kier molecular flexibility index (Phi) is 5.85. The number of amides is 2. The number of ether oxygens (including phenoxy) is 1. The van der Waals surface area contributed by atoms with Crippen molar-refractivity contribution in [1.82, 2.24) is 24.9 Å². The molecule has 2 aliphatic heterocycles. The molecule has 2 aromatic rings. The highest BCUT2D eigenvalue weighted by Crippen LogP contribution is 2.27. The van der Waals surface area contributed by atoms with Crippen LogP contribution in [-0.4, -0.2) is 51.1 Å². The Morgan fingerprint density at radius 3 is 2.50 bits per heavy atom. The van der Waals surface area contributed by atoms with Crippen LogP contribution in [0.5, 0.6) is 0 Å². The summed E-state index contributed by atoms with van der Waals surface area (Å²) in [5.41, 5.74) is 5.00.